The van der Waals surface area contributed by atoms with Crippen LogP contribution in [0.3, 0.4) is 0 Å². The van der Waals surface area contributed by atoms with E-state index in [1.54, 1.807) is 0 Å². The molecule has 1 saturated carbocycles. The third-order valence-electron chi connectivity index (χ3n) is 3.21. The molecule has 3 nitrogen and oxygen atoms in total. The summed E-state index contributed by atoms with van der Waals surface area (Å²) >= 11 is 0. The second-order valence-corrected chi connectivity index (χ2v) is 4.44. The van der Waals surface area contributed by atoms with Gasteiger partial charge in [-0.05, 0) is 44.7 Å². The lowest BCUT2D eigenvalue weighted by molar-refractivity contribution is -0.169. The number of aryl methyl sites for hydroxylation is 1. The van der Waals surface area contributed by atoms with Gasteiger partial charge < -0.3 is 9.47 Å². The van der Waals surface area contributed by atoms with E-state index in [1.807, 2.05) is 38.1 Å². The zero-order valence-electron chi connectivity index (χ0n) is 10.4. The van der Waals surface area contributed by atoms with Crippen molar-refractivity contribution in [1.82, 2.24) is 0 Å². The Labute approximate surface area is 102 Å². The van der Waals surface area contributed by atoms with Crippen molar-refractivity contribution in [2.24, 2.45) is 0 Å². The van der Waals surface area contributed by atoms with Crippen LogP contribution in [-0.4, -0.2) is 18.2 Å². The molecule has 0 bridgehead atoms. The van der Waals surface area contributed by atoms with Gasteiger partial charge in [-0.15, -0.1) is 0 Å². The van der Waals surface area contributed by atoms with Crippen LogP contribution < -0.4 is 4.74 Å². The van der Waals surface area contributed by atoms with Gasteiger partial charge in [0.25, 0.3) is 0 Å². The fourth-order valence-corrected chi connectivity index (χ4v) is 1.99. The first kappa shape index (κ1) is 12.0. The average Bonchev–Trinajstić information content (AvgIpc) is 2.26. The van der Waals surface area contributed by atoms with Crippen LogP contribution in [0.5, 0.6) is 5.75 Å². The minimum atomic E-state index is -0.734. The number of hydrogen-bond acceptors (Lipinski definition) is 3. The zero-order valence-corrected chi connectivity index (χ0v) is 10.4. The van der Waals surface area contributed by atoms with E-state index in [0.29, 0.717) is 6.61 Å². The van der Waals surface area contributed by atoms with Crippen LogP contribution in [0.2, 0.25) is 0 Å². The minimum absolute atomic E-state index is 0.227. The third-order valence-corrected chi connectivity index (χ3v) is 3.21. The molecule has 0 aliphatic heterocycles. The van der Waals surface area contributed by atoms with Crippen molar-refractivity contribution in [3.63, 3.8) is 0 Å². The quantitative estimate of drug-likeness (QED) is 0.751. The summed E-state index contributed by atoms with van der Waals surface area (Å²) in [5.74, 6) is 0.551. The number of benzene rings is 1. The maximum Gasteiger partial charge on any atom is 0.350 e. The number of carbonyl (C=O) groups excluding carboxylic acids is 1. The van der Waals surface area contributed by atoms with Crippen molar-refractivity contribution in [2.45, 2.75) is 38.7 Å². The van der Waals surface area contributed by atoms with Gasteiger partial charge in [0.1, 0.15) is 5.75 Å². The highest BCUT2D eigenvalue weighted by Crippen LogP contribution is 2.38. The minimum Gasteiger partial charge on any atom is -0.475 e. The highest BCUT2D eigenvalue weighted by Gasteiger charge is 2.48. The Morgan fingerprint density at radius 2 is 2.06 bits per heavy atom. The summed E-state index contributed by atoms with van der Waals surface area (Å²) in [6.07, 6.45) is 2.52. The van der Waals surface area contributed by atoms with Crippen LogP contribution in [0.1, 0.15) is 31.7 Å². The molecule has 0 unspecified atom stereocenters. The van der Waals surface area contributed by atoms with Gasteiger partial charge in [-0.3, -0.25) is 0 Å². The molecule has 0 aromatic heterocycles. The Balaban J connectivity index is 2.15. The topological polar surface area (TPSA) is 35.5 Å². The van der Waals surface area contributed by atoms with Crippen molar-refractivity contribution in [3.05, 3.63) is 29.8 Å². The lowest BCUT2D eigenvalue weighted by atomic mass is 9.80. The number of esters is 1. The van der Waals surface area contributed by atoms with Crippen molar-refractivity contribution in [3.8, 4) is 5.75 Å². The monoisotopic (exact) mass is 234 g/mol. The number of ether oxygens (including phenoxy) is 2. The van der Waals surface area contributed by atoms with Gasteiger partial charge in [-0.2, -0.15) is 0 Å². The summed E-state index contributed by atoms with van der Waals surface area (Å²) < 4.78 is 11.0. The Morgan fingerprint density at radius 1 is 1.35 bits per heavy atom. The highest BCUT2D eigenvalue weighted by molar-refractivity contribution is 5.81. The molecule has 0 radical (unpaired) electrons. The number of rotatable bonds is 4. The first-order chi connectivity index (χ1) is 8.18. The van der Waals surface area contributed by atoms with Gasteiger partial charge in [0.05, 0.1) is 6.61 Å². The van der Waals surface area contributed by atoms with E-state index in [0.717, 1.165) is 30.6 Å². The smallest absolute Gasteiger partial charge is 0.350 e. The molecule has 1 aromatic rings. The molecular formula is C14H18O3. The van der Waals surface area contributed by atoms with Crippen molar-refractivity contribution in [2.75, 3.05) is 6.61 Å². The fraction of sp³-hybridized carbons (Fsp3) is 0.500. The molecule has 1 fully saturated rings. The Kier molecular flexibility index (Phi) is 3.36. The lowest BCUT2D eigenvalue weighted by Gasteiger charge is -2.39. The summed E-state index contributed by atoms with van der Waals surface area (Å²) in [5.41, 5.74) is 0.311. The second kappa shape index (κ2) is 4.78. The number of carbonyl (C=O) groups is 1. The SMILES string of the molecule is CCOC(=O)C1(Oc2ccccc2C)CCC1. The second-order valence-electron chi connectivity index (χ2n) is 4.44. The van der Waals surface area contributed by atoms with E-state index in [2.05, 4.69) is 0 Å². The number of para-hydroxylation sites is 1. The van der Waals surface area contributed by atoms with Crippen LogP contribution in [0, 0.1) is 6.92 Å². The summed E-state index contributed by atoms with van der Waals surface area (Å²) in [7, 11) is 0. The van der Waals surface area contributed by atoms with Gasteiger partial charge in [-0.25, -0.2) is 4.79 Å². The van der Waals surface area contributed by atoms with E-state index in [9.17, 15) is 4.79 Å². The predicted molar refractivity (Wildman–Crippen MR) is 65.0 cm³/mol. The summed E-state index contributed by atoms with van der Waals surface area (Å²) in [5, 5.41) is 0. The molecule has 0 N–H and O–H groups in total. The van der Waals surface area contributed by atoms with E-state index in [1.165, 1.54) is 0 Å². The molecule has 17 heavy (non-hydrogen) atoms. The molecule has 3 heteroatoms. The standard InChI is InChI=1S/C14H18O3/c1-3-16-13(15)14(9-6-10-14)17-12-8-5-4-7-11(12)2/h4-5,7-8H,3,6,9-10H2,1-2H3. The highest BCUT2D eigenvalue weighted by atomic mass is 16.6. The average molecular weight is 234 g/mol. The van der Waals surface area contributed by atoms with Gasteiger partial charge in [0.2, 0.25) is 5.60 Å². The van der Waals surface area contributed by atoms with Crippen molar-refractivity contribution < 1.29 is 14.3 Å². The first-order valence-electron chi connectivity index (χ1n) is 6.10. The Morgan fingerprint density at radius 3 is 2.59 bits per heavy atom. The van der Waals surface area contributed by atoms with Crippen LogP contribution in [0.15, 0.2) is 24.3 Å². The summed E-state index contributed by atoms with van der Waals surface area (Å²) in [4.78, 5) is 11.9. The van der Waals surface area contributed by atoms with E-state index in [4.69, 9.17) is 9.47 Å². The van der Waals surface area contributed by atoms with E-state index in [-0.39, 0.29) is 5.97 Å². The zero-order chi connectivity index (χ0) is 12.3. The van der Waals surface area contributed by atoms with Gasteiger partial charge in [0.15, 0.2) is 0 Å². The Hall–Kier alpha value is -1.51. The van der Waals surface area contributed by atoms with Gasteiger partial charge >= 0.3 is 5.97 Å². The molecule has 2 rings (SSSR count). The maximum atomic E-state index is 11.9. The van der Waals surface area contributed by atoms with Crippen molar-refractivity contribution in [1.29, 1.82) is 0 Å². The van der Waals surface area contributed by atoms with Gasteiger partial charge in [0, 0.05) is 0 Å². The van der Waals surface area contributed by atoms with Crippen LogP contribution in [0.25, 0.3) is 0 Å². The molecule has 0 spiro atoms. The molecule has 0 amide bonds. The largest absolute Gasteiger partial charge is 0.475 e. The predicted octanol–water partition coefficient (Wildman–Crippen LogP) is 2.86. The molecule has 92 valence electrons. The molecule has 1 aliphatic rings. The fourth-order valence-electron chi connectivity index (χ4n) is 1.99. The summed E-state index contributed by atoms with van der Waals surface area (Å²) in [6, 6.07) is 7.75. The first-order valence-corrected chi connectivity index (χ1v) is 6.10. The molecule has 0 atom stereocenters. The normalized spacial score (nSPS) is 17.1. The molecule has 1 aromatic carbocycles. The van der Waals surface area contributed by atoms with Crippen LogP contribution >= 0.6 is 0 Å². The third kappa shape index (κ3) is 2.28. The maximum absolute atomic E-state index is 11.9. The lowest BCUT2D eigenvalue weighted by Crippen LogP contribution is -2.51. The van der Waals surface area contributed by atoms with Crippen LogP contribution in [0.4, 0.5) is 0 Å². The summed E-state index contributed by atoms with van der Waals surface area (Å²) in [6.45, 7) is 4.20. The molecular weight excluding hydrogens is 216 g/mol. The number of hydrogen-bond donors (Lipinski definition) is 0. The molecule has 1 aliphatic carbocycles. The van der Waals surface area contributed by atoms with Crippen LogP contribution in [-0.2, 0) is 9.53 Å². The molecule has 0 heterocycles. The Bertz CT molecular complexity index is 408. The van der Waals surface area contributed by atoms with E-state index >= 15 is 0 Å². The van der Waals surface area contributed by atoms with Crippen molar-refractivity contribution >= 4 is 5.97 Å². The molecule has 0 saturated heterocycles. The van der Waals surface area contributed by atoms with E-state index < -0.39 is 5.60 Å². The van der Waals surface area contributed by atoms with Gasteiger partial charge in [-0.1, -0.05) is 18.2 Å².